The average molecular weight is 266 g/mol. The predicted molar refractivity (Wildman–Crippen MR) is 69.7 cm³/mol. The number of carbonyl (C=O) groups is 1. The Balaban J connectivity index is 2.76. The van der Waals surface area contributed by atoms with Gasteiger partial charge in [0.25, 0.3) is 0 Å². The molecule has 1 aromatic rings. The van der Waals surface area contributed by atoms with Crippen LogP contribution in [0.2, 0.25) is 0 Å². The summed E-state index contributed by atoms with van der Waals surface area (Å²) in [6.07, 6.45) is -2.79. The fourth-order valence-electron chi connectivity index (χ4n) is 1.61. The Labute approximate surface area is 111 Å². The minimum Gasteiger partial charge on any atom is -0.466 e. The van der Waals surface area contributed by atoms with Gasteiger partial charge in [-0.2, -0.15) is 0 Å². The lowest BCUT2D eigenvalue weighted by molar-refractivity contribution is -0.147. The molecule has 0 aliphatic rings. The number of ether oxygens (including phenoxy) is 1. The van der Waals surface area contributed by atoms with Gasteiger partial charge in [-0.15, -0.1) is 0 Å². The number of amidine groups is 1. The SMILES string of the molecule is CCOC(=O)CC(O)C(O)c1cccc(C(=N)N)c1. The van der Waals surface area contributed by atoms with E-state index in [1.807, 2.05) is 0 Å². The molecule has 104 valence electrons. The van der Waals surface area contributed by atoms with Crippen molar-refractivity contribution in [3.8, 4) is 0 Å². The number of esters is 1. The van der Waals surface area contributed by atoms with E-state index in [0.29, 0.717) is 11.1 Å². The van der Waals surface area contributed by atoms with E-state index < -0.39 is 18.2 Å². The summed E-state index contributed by atoms with van der Waals surface area (Å²) in [7, 11) is 0. The van der Waals surface area contributed by atoms with Crippen LogP contribution < -0.4 is 5.73 Å². The average Bonchev–Trinajstić information content (AvgIpc) is 2.38. The van der Waals surface area contributed by atoms with E-state index in [-0.39, 0.29) is 18.9 Å². The number of benzene rings is 1. The maximum Gasteiger partial charge on any atom is 0.308 e. The highest BCUT2D eigenvalue weighted by Gasteiger charge is 2.22. The van der Waals surface area contributed by atoms with E-state index in [4.69, 9.17) is 15.9 Å². The molecule has 0 fully saturated rings. The molecule has 0 bridgehead atoms. The van der Waals surface area contributed by atoms with Crippen LogP contribution in [-0.2, 0) is 9.53 Å². The molecule has 5 N–H and O–H groups in total. The van der Waals surface area contributed by atoms with Crippen LogP contribution in [0.5, 0.6) is 0 Å². The molecule has 2 unspecified atom stereocenters. The van der Waals surface area contributed by atoms with Gasteiger partial charge < -0.3 is 20.7 Å². The van der Waals surface area contributed by atoms with Crippen LogP contribution in [0.1, 0.15) is 30.6 Å². The molecule has 0 aliphatic carbocycles. The summed E-state index contributed by atoms with van der Waals surface area (Å²) in [6.45, 7) is 1.89. The number of nitrogens with two attached hydrogens (primary N) is 1. The monoisotopic (exact) mass is 266 g/mol. The van der Waals surface area contributed by atoms with Gasteiger partial charge >= 0.3 is 5.97 Å². The maximum atomic E-state index is 11.2. The van der Waals surface area contributed by atoms with Gasteiger partial charge in [-0.25, -0.2) is 0 Å². The van der Waals surface area contributed by atoms with E-state index in [9.17, 15) is 15.0 Å². The molecular weight excluding hydrogens is 248 g/mol. The van der Waals surface area contributed by atoms with Gasteiger partial charge in [0.15, 0.2) is 0 Å². The Hall–Kier alpha value is -1.92. The van der Waals surface area contributed by atoms with E-state index in [1.54, 1.807) is 25.1 Å². The number of rotatable bonds is 6. The molecular formula is C13H18N2O4. The van der Waals surface area contributed by atoms with E-state index in [1.165, 1.54) is 6.07 Å². The van der Waals surface area contributed by atoms with Crippen molar-refractivity contribution in [2.45, 2.75) is 25.6 Å². The first-order valence-corrected chi connectivity index (χ1v) is 5.91. The number of nitrogen functional groups attached to an aromatic ring is 1. The molecule has 2 atom stereocenters. The predicted octanol–water partition coefficient (Wildman–Crippen LogP) is 0.318. The Morgan fingerprint density at radius 3 is 2.74 bits per heavy atom. The number of carbonyl (C=O) groups excluding carboxylic acids is 1. The van der Waals surface area contributed by atoms with Gasteiger partial charge in [0.2, 0.25) is 0 Å². The molecule has 0 aliphatic heterocycles. The molecule has 0 amide bonds. The molecule has 1 aromatic carbocycles. The minimum absolute atomic E-state index is 0.131. The first-order chi connectivity index (χ1) is 8.95. The van der Waals surface area contributed by atoms with Gasteiger partial charge in [0.1, 0.15) is 11.9 Å². The molecule has 0 saturated carbocycles. The number of hydrogen-bond donors (Lipinski definition) is 4. The van der Waals surface area contributed by atoms with Crippen molar-refractivity contribution in [2.75, 3.05) is 6.61 Å². The van der Waals surface area contributed by atoms with Crippen molar-refractivity contribution in [3.63, 3.8) is 0 Å². The zero-order valence-corrected chi connectivity index (χ0v) is 10.7. The molecule has 6 heteroatoms. The summed E-state index contributed by atoms with van der Waals surface area (Å²) in [5.74, 6) is -0.703. The van der Waals surface area contributed by atoms with Gasteiger partial charge in [0.05, 0.1) is 19.1 Å². The standard InChI is InChI=1S/C13H18N2O4/c1-2-19-11(17)7-10(16)12(18)8-4-3-5-9(6-8)13(14)15/h3-6,10,12,16,18H,2,7H2,1H3,(H3,14,15). The summed E-state index contributed by atoms with van der Waals surface area (Å²) in [5, 5.41) is 27.0. The first-order valence-electron chi connectivity index (χ1n) is 5.91. The maximum absolute atomic E-state index is 11.2. The zero-order valence-electron chi connectivity index (χ0n) is 10.7. The van der Waals surface area contributed by atoms with Crippen molar-refractivity contribution in [1.82, 2.24) is 0 Å². The molecule has 19 heavy (non-hydrogen) atoms. The van der Waals surface area contributed by atoms with Crippen LogP contribution in [0.25, 0.3) is 0 Å². The second-order valence-electron chi connectivity index (χ2n) is 4.06. The highest BCUT2D eigenvalue weighted by Crippen LogP contribution is 2.20. The van der Waals surface area contributed by atoms with Crippen molar-refractivity contribution < 1.29 is 19.7 Å². The summed E-state index contributed by atoms with van der Waals surface area (Å²) in [6, 6.07) is 6.33. The molecule has 0 saturated heterocycles. The van der Waals surface area contributed by atoms with Crippen molar-refractivity contribution in [1.29, 1.82) is 5.41 Å². The van der Waals surface area contributed by atoms with Gasteiger partial charge in [-0.05, 0) is 18.6 Å². The Morgan fingerprint density at radius 1 is 1.47 bits per heavy atom. The lowest BCUT2D eigenvalue weighted by Crippen LogP contribution is -2.23. The normalized spacial score (nSPS) is 13.6. The fraction of sp³-hybridized carbons (Fsp3) is 0.385. The Kier molecular flexibility index (Phi) is 5.47. The van der Waals surface area contributed by atoms with E-state index in [0.717, 1.165) is 0 Å². The fourth-order valence-corrected chi connectivity index (χ4v) is 1.61. The van der Waals surface area contributed by atoms with Gasteiger partial charge in [-0.3, -0.25) is 10.2 Å². The summed E-state index contributed by atoms with van der Waals surface area (Å²) in [4.78, 5) is 11.2. The molecule has 0 spiro atoms. The highest BCUT2D eigenvalue weighted by atomic mass is 16.5. The van der Waals surface area contributed by atoms with Gasteiger partial charge in [0, 0.05) is 5.56 Å². The number of hydrogen-bond acceptors (Lipinski definition) is 5. The number of aliphatic hydroxyl groups excluding tert-OH is 2. The molecule has 1 rings (SSSR count). The Bertz CT molecular complexity index is 462. The van der Waals surface area contributed by atoms with Crippen LogP contribution in [0.4, 0.5) is 0 Å². The molecule has 6 nitrogen and oxygen atoms in total. The van der Waals surface area contributed by atoms with E-state index >= 15 is 0 Å². The molecule has 0 heterocycles. The van der Waals surface area contributed by atoms with Crippen LogP contribution in [0.15, 0.2) is 24.3 Å². The smallest absolute Gasteiger partial charge is 0.308 e. The lowest BCUT2D eigenvalue weighted by Gasteiger charge is -2.18. The van der Waals surface area contributed by atoms with Crippen LogP contribution in [0, 0.1) is 5.41 Å². The third-order valence-corrected chi connectivity index (χ3v) is 2.58. The second-order valence-corrected chi connectivity index (χ2v) is 4.06. The van der Waals surface area contributed by atoms with Crippen molar-refractivity contribution in [2.24, 2.45) is 5.73 Å². The summed E-state index contributed by atoms with van der Waals surface area (Å²) < 4.78 is 4.70. The third kappa shape index (κ3) is 4.35. The second kappa shape index (κ2) is 6.86. The van der Waals surface area contributed by atoms with Gasteiger partial charge in [-0.1, -0.05) is 18.2 Å². The van der Waals surface area contributed by atoms with Crippen LogP contribution in [-0.4, -0.2) is 34.7 Å². The quantitative estimate of drug-likeness (QED) is 0.336. The highest BCUT2D eigenvalue weighted by molar-refractivity contribution is 5.95. The first kappa shape index (κ1) is 15.1. The zero-order chi connectivity index (χ0) is 14.4. The third-order valence-electron chi connectivity index (χ3n) is 2.58. The number of aliphatic hydroxyl groups is 2. The number of nitrogens with one attached hydrogen (secondary N) is 1. The topological polar surface area (TPSA) is 117 Å². The minimum atomic E-state index is -1.26. The molecule has 0 radical (unpaired) electrons. The van der Waals surface area contributed by atoms with Crippen LogP contribution in [0.3, 0.4) is 0 Å². The lowest BCUT2D eigenvalue weighted by atomic mass is 10.00. The van der Waals surface area contributed by atoms with Crippen LogP contribution >= 0.6 is 0 Å². The summed E-state index contributed by atoms with van der Waals surface area (Å²) in [5.41, 5.74) is 6.18. The largest absolute Gasteiger partial charge is 0.466 e. The Morgan fingerprint density at radius 2 is 2.16 bits per heavy atom. The summed E-state index contributed by atoms with van der Waals surface area (Å²) >= 11 is 0. The van der Waals surface area contributed by atoms with E-state index in [2.05, 4.69) is 0 Å². The van der Waals surface area contributed by atoms with Crippen molar-refractivity contribution >= 4 is 11.8 Å². The van der Waals surface area contributed by atoms with Crippen molar-refractivity contribution in [3.05, 3.63) is 35.4 Å². The molecule has 0 aromatic heterocycles.